The topological polar surface area (TPSA) is 77.8 Å². The molecule has 2 aliphatic rings. The SMILES string of the molecule is CCCCN1C(c2ccccc2)=CS/C1=C1/Cc2cc(P(=O)(O)O)ccc2C1=O. The number of carbonyl (C=O) groups is 1. The molecule has 1 heterocycles. The molecule has 0 bridgehead atoms. The van der Waals surface area contributed by atoms with E-state index in [1.807, 2.05) is 18.2 Å². The van der Waals surface area contributed by atoms with E-state index in [0.717, 1.165) is 35.7 Å². The summed E-state index contributed by atoms with van der Waals surface area (Å²) in [6.07, 6.45) is 2.44. The first-order valence-corrected chi connectivity index (χ1v) is 12.1. The maximum atomic E-state index is 13.1. The summed E-state index contributed by atoms with van der Waals surface area (Å²) < 4.78 is 11.6. The Morgan fingerprint density at radius 2 is 1.90 bits per heavy atom. The average Bonchev–Trinajstić information content (AvgIpc) is 3.27. The smallest absolute Gasteiger partial charge is 0.335 e. The van der Waals surface area contributed by atoms with E-state index in [0.29, 0.717) is 23.1 Å². The number of unbranched alkanes of at least 4 members (excludes halogenated alkanes) is 1. The number of Topliss-reactive ketones (excluding diaryl/α,β-unsaturated/α-hetero) is 1. The molecule has 29 heavy (non-hydrogen) atoms. The Balaban J connectivity index is 1.72. The minimum Gasteiger partial charge on any atom is -0.335 e. The van der Waals surface area contributed by atoms with Crippen molar-refractivity contribution < 1.29 is 19.1 Å². The number of fused-ring (bicyclic) bond motifs is 1. The lowest BCUT2D eigenvalue weighted by Gasteiger charge is -2.25. The van der Waals surface area contributed by atoms with Crippen LogP contribution in [0.2, 0.25) is 0 Å². The molecule has 5 nitrogen and oxygen atoms in total. The van der Waals surface area contributed by atoms with E-state index in [9.17, 15) is 19.1 Å². The van der Waals surface area contributed by atoms with Crippen LogP contribution in [-0.4, -0.2) is 27.0 Å². The molecule has 4 rings (SSSR count). The van der Waals surface area contributed by atoms with Crippen molar-refractivity contribution >= 4 is 36.1 Å². The van der Waals surface area contributed by atoms with Gasteiger partial charge in [0.15, 0.2) is 5.78 Å². The van der Waals surface area contributed by atoms with Gasteiger partial charge in [-0.3, -0.25) is 9.36 Å². The number of thioether (sulfide) groups is 1. The molecule has 0 amide bonds. The van der Waals surface area contributed by atoms with Crippen LogP contribution in [0, 0.1) is 0 Å². The van der Waals surface area contributed by atoms with Gasteiger partial charge in [-0.1, -0.05) is 55.4 Å². The average molecular weight is 427 g/mol. The summed E-state index contributed by atoms with van der Waals surface area (Å²) in [4.78, 5) is 34.2. The maximum absolute atomic E-state index is 13.1. The summed E-state index contributed by atoms with van der Waals surface area (Å²) in [7, 11) is -4.35. The molecule has 0 fully saturated rings. The van der Waals surface area contributed by atoms with E-state index < -0.39 is 7.60 Å². The Bertz CT molecular complexity index is 1070. The van der Waals surface area contributed by atoms with Crippen LogP contribution < -0.4 is 5.30 Å². The van der Waals surface area contributed by atoms with Gasteiger partial charge in [-0.05, 0) is 35.7 Å². The highest BCUT2D eigenvalue weighted by Crippen LogP contribution is 2.44. The number of benzene rings is 2. The fourth-order valence-electron chi connectivity index (χ4n) is 3.69. The zero-order valence-corrected chi connectivity index (χ0v) is 17.7. The van der Waals surface area contributed by atoms with Crippen LogP contribution in [0.1, 0.15) is 41.3 Å². The Morgan fingerprint density at radius 1 is 1.14 bits per heavy atom. The number of carbonyl (C=O) groups excluding carboxylic acids is 1. The van der Waals surface area contributed by atoms with E-state index in [4.69, 9.17) is 0 Å². The summed E-state index contributed by atoms with van der Waals surface area (Å²) in [6, 6.07) is 14.5. The molecule has 0 unspecified atom stereocenters. The highest BCUT2D eigenvalue weighted by Gasteiger charge is 2.34. The lowest BCUT2D eigenvalue weighted by molar-refractivity contribution is 0.103. The van der Waals surface area contributed by atoms with Crippen molar-refractivity contribution in [1.82, 2.24) is 4.90 Å². The second-order valence-electron chi connectivity index (χ2n) is 7.17. The van der Waals surface area contributed by atoms with Crippen molar-refractivity contribution in [2.45, 2.75) is 26.2 Å². The Hall–Kier alpha value is -2.11. The maximum Gasteiger partial charge on any atom is 0.356 e. The third-order valence-corrected chi connectivity index (χ3v) is 7.17. The molecule has 0 saturated heterocycles. The fraction of sp³-hybridized carbons (Fsp3) is 0.227. The van der Waals surface area contributed by atoms with E-state index in [1.54, 1.807) is 17.8 Å². The molecule has 0 atom stereocenters. The highest BCUT2D eigenvalue weighted by atomic mass is 32.2. The predicted molar refractivity (Wildman–Crippen MR) is 117 cm³/mol. The summed E-state index contributed by atoms with van der Waals surface area (Å²) in [5.74, 6) is -0.0519. The third-order valence-electron chi connectivity index (χ3n) is 5.19. The molecule has 2 aromatic carbocycles. The van der Waals surface area contributed by atoms with Gasteiger partial charge in [0.05, 0.1) is 16.0 Å². The third kappa shape index (κ3) is 3.86. The molecule has 7 heteroatoms. The van der Waals surface area contributed by atoms with Crippen LogP contribution in [0.25, 0.3) is 5.70 Å². The van der Waals surface area contributed by atoms with Crippen molar-refractivity contribution in [3.05, 3.63) is 81.2 Å². The first-order chi connectivity index (χ1) is 13.9. The van der Waals surface area contributed by atoms with Crippen molar-refractivity contribution in [3.63, 3.8) is 0 Å². The molecule has 150 valence electrons. The van der Waals surface area contributed by atoms with Crippen molar-refractivity contribution in [3.8, 4) is 0 Å². The summed E-state index contributed by atoms with van der Waals surface area (Å²) >= 11 is 1.55. The number of ketones is 1. The minimum absolute atomic E-state index is 0.0414. The number of hydrogen-bond acceptors (Lipinski definition) is 4. The molecule has 1 aliphatic carbocycles. The van der Waals surface area contributed by atoms with E-state index in [2.05, 4.69) is 29.4 Å². The van der Waals surface area contributed by atoms with E-state index in [-0.39, 0.29) is 11.1 Å². The van der Waals surface area contributed by atoms with Crippen molar-refractivity contribution in [2.75, 3.05) is 6.54 Å². The molecular weight excluding hydrogens is 405 g/mol. The standard InChI is InChI=1S/C22H22NO4PS/c1-2-3-11-23-20(15-7-5-4-6-8-15)14-29-22(23)19-13-16-12-17(28(25,26)27)9-10-18(16)21(19)24/h4-10,12,14H,2-3,11,13H2,1H3,(H2,25,26,27)/b22-19-. The quantitative estimate of drug-likeness (QED) is 0.548. The normalized spacial score (nSPS) is 18.9. The zero-order chi connectivity index (χ0) is 20.6. The number of rotatable bonds is 5. The van der Waals surface area contributed by atoms with Gasteiger partial charge in [0, 0.05) is 29.5 Å². The molecule has 0 aromatic heterocycles. The van der Waals surface area contributed by atoms with Gasteiger partial charge in [0.2, 0.25) is 0 Å². The Morgan fingerprint density at radius 3 is 2.59 bits per heavy atom. The molecule has 1 aliphatic heterocycles. The lowest BCUT2D eigenvalue weighted by Crippen LogP contribution is -2.20. The predicted octanol–water partition coefficient (Wildman–Crippen LogP) is 4.29. The monoisotopic (exact) mass is 427 g/mol. The number of nitrogens with zero attached hydrogens (tertiary/aromatic N) is 1. The summed E-state index contributed by atoms with van der Waals surface area (Å²) in [6.45, 7) is 2.96. The van der Waals surface area contributed by atoms with Crippen LogP contribution in [0.3, 0.4) is 0 Å². The van der Waals surface area contributed by atoms with Crippen molar-refractivity contribution in [2.24, 2.45) is 0 Å². The largest absolute Gasteiger partial charge is 0.356 e. The lowest BCUT2D eigenvalue weighted by atomic mass is 10.1. The minimum atomic E-state index is -4.35. The fourth-order valence-corrected chi connectivity index (χ4v) is 5.39. The molecule has 0 spiro atoms. The van der Waals surface area contributed by atoms with Crippen LogP contribution in [0.15, 0.2) is 64.5 Å². The van der Waals surface area contributed by atoms with Gasteiger partial charge in [-0.2, -0.15) is 0 Å². The zero-order valence-electron chi connectivity index (χ0n) is 16.0. The molecule has 0 radical (unpaired) electrons. The van der Waals surface area contributed by atoms with E-state index in [1.165, 1.54) is 12.1 Å². The highest BCUT2D eigenvalue weighted by molar-refractivity contribution is 8.06. The van der Waals surface area contributed by atoms with Gasteiger partial charge >= 0.3 is 7.60 Å². The van der Waals surface area contributed by atoms with Crippen molar-refractivity contribution in [1.29, 1.82) is 0 Å². The number of allylic oxidation sites excluding steroid dienone is 1. The second kappa shape index (κ2) is 7.96. The van der Waals surface area contributed by atoms with Crippen LogP contribution >= 0.6 is 19.4 Å². The van der Waals surface area contributed by atoms with E-state index >= 15 is 0 Å². The Kier molecular flexibility index (Phi) is 5.54. The summed E-state index contributed by atoms with van der Waals surface area (Å²) in [5, 5.41) is 2.97. The number of hydrogen-bond donors (Lipinski definition) is 2. The van der Waals surface area contributed by atoms with Gasteiger partial charge in [0.25, 0.3) is 0 Å². The van der Waals surface area contributed by atoms with Gasteiger partial charge in [-0.25, -0.2) is 0 Å². The van der Waals surface area contributed by atoms with Gasteiger partial charge in [0.1, 0.15) is 0 Å². The molecule has 2 N–H and O–H groups in total. The Labute approximate surface area is 174 Å². The first-order valence-electron chi connectivity index (χ1n) is 9.57. The first kappa shape index (κ1) is 20.2. The summed E-state index contributed by atoms with van der Waals surface area (Å²) in [5.41, 5.74) is 4.12. The van der Waals surface area contributed by atoms with Crippen LogP contribution in [0.5, 0.6) is 0 Å². The molecular formula is C22H22NO4PS. The molecule has 0 saturated carbocycles. The molecule has 2 aromatic rings. The van der Waals surface area contributed by atoms with Gasteiger partial charge < -0.3 is 14.7 Å². The second-order valence-corrected chi connectivity index (χ2v) is 9.63. The van der Waals surface area contributed by atoms with Gasteiger partial charge in [-0.15, -0.1) is 0 Å². The van der Waals surface area contributed by atoms with Crippen LogP contribution in [-0.2, 0) is 11.0 Å². The van der Waals surface area contributed by atoms with Crippen LogP contribution in [0.4, 0.5) is 0 Å².